The molecule has 0 amide bonds. The van der Waals surface area contributed by atoms with E-state index in [2.05, 4.69) is 41.2 Å². The monoisotopic (exact) mass is 300 g/mol. The summed E-state index contributed by atoms with van der Waals surface area (Å²) < 4.78 is 0. The topological polar surface area (TPSA) is 24.9 Å². The maximum atomic E-state index is 4.72. The second-order valence-electron chi connectivity index (χ2n) is 5.94. The number of thiophene rings is 1. The van der Waals surface area contributed by atoms with Gasteiger partial charge in [-0.15, -0.1) is 0 Å². The molecule has 0 aliphatic heterocycles. The smallest absolute Gasteiger partial charge is 0.0482 e. The lowest BCUT2D eigenvalue weighted by Gasteiger charge is -2.32. The third-order valence-corrected chi connectivity index (χ3v) is 5.15. The van der Waals surface area contributed by atoms with Gasteiger partial charge in [-0.25, -0.2) is 0 Å². The summed E-state index contributed by atoms with van der Waals surface area (Å²) >= 11 is 1.79. The molecule has 0 radical (unpaired) electrons. The minimum absolute atomic E-state index is 0.508. The maximum absolute atomic E-state index is 4.72. The second-order valence-corrected chi connectivity index (χ2v) is 6.72. The van der Waals surface area contributed by atoms with Crippen molar-refractivity contribution in [3.8, 4) is 0 Å². The summed E-state index contributed by atoms with van der Waals surface area (Å²) in [5, 5.41) is 8.24. The molecule has 1 N–H and O–H groups in total. The van der Waals surface area contributed by atoms with E-state index in [4.69, 9.17) is 4.98 Å². The maximum Gasteiger partial charge on any atom is 0.0482 e. The Hall–Kier alpha value is -1.19. The summed E-state index contributed by atoms with van der Waals surface area (Å²) in [5.41, 5.74) is 4.26. The van der Waals surface area contributed by atoms with Crippen LogP contribution in [0.1, 0.15) is 48.9 Å². The zero-order valence-electron chi connectivity index (χ0n) is 12.7. The average Bonchev–Trinajstić information content (AvgIpc) is 3.04. The van der Waals surface area contributed by atoms with Gasteiger partial charge in [-0.2, -0.15) is 11.3 Å². The van der Waals surface area contributed by atoms with Crippen LogP contribution >= 0.6 is 11.3 Å². The Morgan fingerprint density at radius 2 is 2.38 bits per heavy atom. The Balaban J connectivity index is 1.82. The van der Waals surface area contributed by atoms with Crippen LogP contribution in [0.4, 0.5) is 0 Å². The summed E-state index contributed by atoms with van der Waals surface area (Å²) in [7, 11) is 0. The lowest BCUT2D eigenvalue weighted by molar-refractivity contribution is 0.382. The first-order chi connectivity index (χ1) is 10.4. The minimum Gasteiger partial charge on any atom is -0.313 e. The van der Waals surface area contributed by atoms with Crippen molar-refractivity contribution < 1.29 is 0 Å². The van der Waals surface area contributed by atoms with Crippen molar-refractivity contribution in [3.63, 3.8) is 0 Å². The molecule has 2 aromatic heterocycles. The van der Waals surface area contributed by atoms with E-state index in [1.165, 1.54) is 42.5 Å². The van der Waals surface area contributed by atoms with Gasteiger partial charge in [0, 0.05) is 23.9 Å². The van der Waals surface area contributed by atoms with Crippen LogP contribution in [0, 0.1) is 0 Å². The second kappa shape index (κ2) is 7.19. The van der Waals surface area contributed by atoms with E-state index in [9.17, 15) is 0 Å². The van der Waals surface area contributed by atoms with Gasteiger partial charge in [-0.1, -0.05) is 13.0 Å². The fourth-order valence-electron chi connectivity index (χ4n) is 3.39. The van der Waals surface area contributed by atoms with E-state index in [0.717, 1.165) is 13.0 Å². The van der Waals surface area contributed by atoms with Gasteiger partial charge in [0.05, 0.1) is 0 Å². The molecule has 0 bridgehead atoms. The van der Waals surface area contributed by atoms with Gasteiger partial charge in [0.2, 0.25) is 0 Å². The Morgan fingerprint density at radius 1 is 1.43 bits per heavy atom. The summed E-state index contributed by atoms with van der Waals surface area (Å²) in [6.07, 6.45) is 8.00. The van der Waals surface area contributed by atoms with E-state index in [0.29, 0.717) is 12.0 Å². The lowest BCUT2D eigenvalue weighted by Crippen LogP contribution is -2.39. The van der Waals surface area contributed by atoms with Crippen molar-refractivity contribution in [1.29, 1.82) is 0 Å². The number of nitrogens with zero attached hydrogens (tertiary/aromatic N) is 1. The molecule has 2 nitrogen and oxygen atoms in total. The first-order valence-electron chi connectivity index (χ1n) is 8.06. The summed E-state index contributed by atoms with van der Waals surface area (Å²) in [5.74, 6) is 0.557. The molecule has 2 atom stereocenters. The Labute approximate surface area is 131 Å². The third kappa shape index (κ3) is 3.53. The van der Waals surface area contributed by atoms with Gasteiger partial charge in [0.1, 0.15) is 0 Å². The third-order valence-electron chi connectivity index (χ3n) is 4.42. The predicted molar refractivity (Wildman–Crippen MR) is 90.0 cm³/mol. The van der Waals surface area contributed by atoms with Crippen molar-refractivity contribution in [1.82, 2.24) is 10.3 Å². The SMILES string of the molecule is CCCNC(Cc1ccsc1)C1CCCc2cccnc21. The molecule has 21 heavy (non-hydrogen) atoms. The summed E-state index contributed by atoms with van der Waals surface area (Å²) in [4.78, 5) is 4.72. The molecule has 2 heterocycles. The van der Waals surface area contributed by atoms with Crippen LogP contribution in [0.15, 0.2) is 35.2 Å². The van der Waals surface area contributed by atoms with Crippen LogP contribution in [0.25, 0.3) is 0 Å². The van der Waals surface area contributed by atoms with Crippen LogP contribution < -0.4 is 5.32 Å². The first-order valence-corrected chi connectivity index (χ1v) is 9.01. The number of aromatic nitrogens is 1. The standard InChI is InChI=1S/C18H24N2S/c1-2-9-19-17(12-14-8-11-21-13-14)16-7-3-5-15-6-4-10-20-18(15)16/h4,6,8,10-11,13,16-17,19H,2-3,5,7,9,12H2,1H3. The molecule has 112 valence electrons. The highest BCUT2D eigenvalue weighted by Gasteiger charge is 2.28. The molecule has 1 aliphatic rings. The van der Waals surface area contributed by atoms with Gasteiger partial charge in [-0.3, -0.25) is 4.98 Å². The van der Waals surface area contributed by atoms with Crippen molar-refractivity contribution in [2.24, 2.45) is 0 Å². The van der Waals surface area contributed by atoms with E-state index in [1.807, 2.05) is 6.20 Å². The molecule has 0 fully saturated rings. The highest BCUT2D eigenvalue weighted by atomic mass is 32.1. The molecular weight excluding hydrogens is 276 g/mol. The van der Waals surface area contributed by atoms with Crippen LogP contribution in [0.2, 0.25) is 0 Å². The highest BCUT2D eigenvalue weighted by Crippen LogP contribution is 2.33. The molecule has 3 rings (SSSR count). The van der Waals surface area contributed by atoms with Crippen LogP contribution in [-0.2, 0) is 12.8 Å². The number of fused-ring (bicyclic) bond motifs is 1. The molecular formula is C18H24N2S. The Bertz CT molecular complexity index is 550. The lowest BCUT2D eigenvalue weighted by atomic mass is 9.80. The number of rotatable bonds is 6. The van der Waals surface area contributed by atoms with Crippen molar-refractivity contribution in [2.45, 2.75) is 51.0 Å². The van der Waals surface area contributed by atoms with Crippen molar-refractivity contribution >= 4 is 11.3 Å². The molecule has 1 aliphatic carbocycles. The first kappa shape index (κ1) is 14.7. The highest BCUT2D eigenvalue weighted by molar-refractivity contribution is 7.07. The van der Waals surface area contributed by atoms with E-state index in [-0.39, 0.29) is 0 Å². The van der Waals surface area contributed by atoms with Gasteiger partial charge in [0.15, 0.2) is 0 Å². The van der Waals surface area contributed by atoms with Crippen molar-refractivity contribution in [3.05, 3.63) is 52.0 Å². The van der Waals surface area contributed by atoms with Gasteiger partial charge < -0.3 is 5.32 Å². The Morgan fingerprint density at radius 3 is 3.19 bits per heavy atom. The number of hydrogen-bond donors (Lipinski definition) is 1. The van der Waals surface area contributed by atoms with Gasteiger partial charge in [-0.05, 0) is 72.7 Å². The zero-order chi connectivity index (χ0) is 14.5. The summed E-state index contributed by atoms with van der Waals surface area (Å²) in [6.45, 7) is 3.33. The molecule has 2 aromatic rings. The quantitative estimate of drug-likeness (QED) is 0.866. The van der Waals surface area contributed by atoms with E-state index in [1.54, 1.807) is 11.3 Å². The van der Waals surface area contributed by atoms with Gasteiger partial charge in [0.25, 0.3) is 0 Å². The molecule has 3 heteroatoms. The number of pyridine rings is 1. The van der Waals surface area contributed by atoms with Crippen molar-refractivity contribution in [2.75, 3.05) is 6.54 Å². The predicted octanol–water partition coefficient (Wildman–Crippen LogP) is 4.17. The van der Waals surface area contributed by atoms with E-state index >= 15 is 0 Å². The number of nitrogens with one attached hydrogen (secondary N) is 1. The fraction of sp³-hybridized carbons (Fsp3) is 0.500. The molecule has 2 unspecified atom stereocenters. The molecule has 0 spiro atoms. The Kier molecular flexibility index (Phi) is 5.04. The largest absolute Gasteiger partial charge is 0.313 e. The molecule has 0 saturated heterocycles. The summed E-state index contributed by atoms with van der Waals surface area (Å²) in [6, 6.07) is 7.10. The van der Waals surface area contributed by atoms with E-state index < -0.39 is 0 Å². The van der Waals surface area contributed by atoms with Crippen LogP contribution in [0.3, 0.4) is 0 Å². The van der Waals surface area contributed by atoms with Crippen LogP contribution in [0.5, 0.6) is 0 Å². The van der Waals surface area contributed by atoms with Crippen LogP contribution in [-0.4, -0.2) is 17.6 Å². The molecule has 0 saturated carbocycles. The zero-order valence-corrected chi connectivity index (χ0v) is 13.5. The number of hydrogen-bond acceptors (Lipinski definition) is 3. The normalized spacial score (nSPS) is 19.2. The van der Waals surface area contributed by atoms with Gasteiger partial charge >= 0.3 is 0 Å². The minimum atomic E-state index is 0.508. The average molecular weight is 300 g/mol. The fourth-order valence-corrected chi connectivity index (χ4v) is 4.07. The molecule has 0 aromatic carbocycles. The number of aryl methyl sites for hydroxylation is 1.